The molecule has 0 unspecified atom stereocenters. The minimum atomic E-state index is -0.101. The van der Waals surface area contributed by atoms with Crippen molar-refractivity contribution in [1.82, 2.24) is 4.90 Å². The number of hydrogen-bond donors (Lipinski definition) is 0. The number of likely N-dealkylation sites (tertiary alicyclic amines) is 1. The highest BCUT2D eigenvalue weighted by Gasteiger charge is 2.58. The predicted molar refractivity (Wildman–Crippen MR) is 90.6 cm³/mol. The molecule has 0 N–H and O–H groups in total. The van der Waals surface area contributed by atoms with E-state index in [1.807, 2.05) is 11.0 Å². The fourth-order valence-corrected chi connectivity index (χ4v) is 5.75. The first-order chi connectivity index (χ1) is 11.6. The molecule has 4 heteroatoms. The van der Waals surface area contributed by atoms with Crippen LogP contribution in [0.1, 0.15) is 43.7 Å². The number of fused-ring (bicyclic) bond motifs is 1. The maximum absolute atomic E-state index is 12.6. The molecule has 24 heavy (non-hydrogen) atoms. The van der Waals surface area contributed by atoms with Gasteiger partial charge in [0.2, 0.25) is 0 Å². The van der Waals surface area contributed by atoms with Crippen LogP contribution in [0.3, 0.4) is 0 Å². The van der Waals surface area contributed by atoms with Gasteiger partial charge >= 0.3 is 0 Å². The van der Waals surface area contributed by atoms with Crippen molar-refractivity contribution in [2.75, 3.05) is 13.7 Å². The van der Waals surface area contributed by atoms with Crippen molar-refractivity contribution in [2.24, 2.45) is 11.8 Å². The second kappa shape index (κ2) is 5.51. The average molecular weight is 324 g/mol. The number of nitrogens with zero attached hydrogens (tertiary/aromatic N) is 2. The van der Waals surface area contributed by atoms with Crippen LogP contribution in [0.25, 0.3) is 0 Å². The zero-order valence-corrected chi connectivity index (χ0v) is 14.4. The van der Waals surface area contributed by atoms with Gasteiger partial charge in [0.15, 0.2) is 6.19 Å². The van der Waals surface area contributed by atoms with E-state index in [-0.39, 0.29) is 11.5 Å². The Hall–Kier alpha value is -2.02. The molecule has 1 aliphatic heterocycles. The predicted octanol–water partition coefficient (Wildman–Crippen LogP) is 3.05. The molecule has 1 aromatic carbocycles. The zero-order valence-electron chi connectivity index (χ0n) is 14.4. The Morgan fingerprint density at radius 1 is 1.42 bits per heavy atom. The Morgan fingerprint density at radius 2 is 2.25 bits per heavy atom. The van der Waals surface area contributed by atoms with Crippen LogP contribution < -0.4 is 4.74 Å². The number of rotatable bonds is 2. The number of carbonyl (C=O) groups is 1. The molecule has 1 heterocycles. The average Bonchev–Trinajstić information content (AvgIpc) is 2.60. The first kappa shape index (κ1) is 15.5. The van der Waals surface area contributed by atoms with Crippen LogP contribution in [-0.4, -0.2) is 30.4 Å². The number of ether oxygens (including phenoxy) is 1. The molecular weight excluding hydrogens is 300 g/mol. The van der Waals surface area contributed by atoms with Crippen LogP contribution in [0.2, 0.25) is 0 Å². The fraction of sp³-hybridized carbons (Fsp3) is 0.600. The van der Waals surface area contributed by atoms with Gasteiger partial charge in [-0.2, -0.15) is 5.26 Å². The molecular formula is C20H24N2O2. The molecule has 0 radical (unpaired) electrons. The van der Waals surface area contributed by atoms with Gasteiger partial charge in [0.05, 0.1) is 7.11 Å². The van der Waals surface area contributed by atoms with Crippen LogP contribution in [0, 0.1) is 23.3 Å². The van der Waals surface area contributed by atoms with Crippen molar-refractivity contribution in [1.29, 1.82) is 5.26 Å². The monoisotopic (exact) mass is 324 g/mol. The normalized spacial score (nSPS) is 34.1. The van der Waals surface area contributed by atoms with Gasteiger partial charge in [0.25, 0.3) is 0 Å². The number of ketones is 1. The van der Waals surface area contributed by atoms with Crippen molar-refractivity contribution < 1.29 is 9.53 Å². The maximum atomic E-state index is 12.6. The third-order valence-corrected chi connectivity index (χ3v) is 6.70. The van der Waals surface area contributed by atoms with Crippen LogP contribution in [0.4, 0.5) is 0 Å². The number of Topliss-reactive ketones (excluding diaryl/α,β-unsaturated/α-hetero) is 1. The van der Waals surface area contributed by atoms with Crippen molar-refractivity contribution in [3.63, 3.8) is 0 Å². The van der Waals surface area contributed by atoms with Gasteiger partial charge in [-0.25, -0.2) is 0 Å². The van der Waals surface area contributed by atoms with E-state index in [0.717, 1.165) is 31.6 Å². The summed E-state index contributed by atoms with van der Waals surface area (Å²) in [6.45, 7) is 2.95. The summed E-state index contributed by atoms with van der Waals surface area (Å²) in [4.78, 5) is 14.6. The smallest absolute Gasteiger partial charge is 0.179 e. The molecule has 2 fully saturated rings. The fourth-order valence-electron chi connectivity index (χ4n) is 5.75. The molecule has 4 nitrogen and oxygen atoms in total. The third kappa shape index (κ3) is 2.00. The van der Waals surface area contributed by atoms with E-state index in [2.05, 4.69) is 25.2 Å². The van der Waals surface area contributed by atoms with Gasteiger partial charge in [-0.05, 0) is 47.9 Å². The Labute approximate surface area is 143 Å². The first-order valence-corrected chi connectivity index (χ1v) is 8.98. The lowest BCUT2D eigenvalue weighted by molar-refractivity contribution is -0.130. The summed E-state index contributed by atoms with van der Waals surface area (Å²) in [5.74, 6) is 2.03. The first-order valence-electron chi connectivity index (χ1n) is 8.98. The largest absolute Gasteiger partial charge is 0.497 e. The second-order valence-corrected chi connectivity index (χ2v) is 7.61. The molecule has 0 spiro atoms. The molecule has 2 bridgehead atoms. The van der Waals surface area contributed by atoms with E-state index in [0.29, 0.717) is 30.5 Å². The molecule has 4 rings (SSSR count). The number of hydrogen-bond acceptors (Lipinski definition) is 4. The van der Waals surface area contributed by atoms with Gasteiger partial charge in [-0.3, -0.25) is 4.79 Å². The van der Waals surface area contributed by atoms with Crippen molar-refractivity contribution in [3.05, 3.63) is 29.3 Å². The maximum Gasteiger partial charge on any atom is 0.179 e. The number of benzene rings is 1. The van der Waals surface area contributed by atoms with E-state index in [1.54, 1.807) is 7.11 Å². The molecule has 126 valence electrons. The Kier molecular flexibility index (Phi) is 3.56. The minimum Gasteiger partial charge on any atom is -0.497 e. The van der Waals surface area contributed by atoms with Crippen molar-refractivity contribution >= 4 is 5.78 Å². The molecule has 1 saturated heterocycles. The van der Waals surface area contributed by atoms with E-state index in [1.165, 1.54) is 11.1 Å². The van der Waals surface area contributed by atoms with E-state index in [9.17, 15) is 10.1 Å². The third-order valence-electron chi connectivity index (χ3n) is 6.70. The number of piperidine rings is 1. The summed E-state index contributed by atoms with van der Waals surface area (Å²) >= 11 is 0. The summed E-state index contributed by atoms with van der Waals surface area (Å²) < 4.78 is 5.47. The molecule has 1 aromatic rings. The number of nitriles is 1. The molecule has 0 amide bonds. The lowest BCUT2D eigenvalue weighted by Crippen LogP contribution is -2.63. The van der Waals surface area contributed by atoms with Crippen molar-refractivity contribution in [2.45, 2.75) is 50.5 Å². The van der Waals surface area contributed by atoms with Gasteiger partial charge in [-0.15, -0.1) is 0 Å². The van der Waals surface area contributed by atoms with Crippen LogP contribution in [0.5, 0.6) is 5.75 Å². The summed E-state index contributed by atoms with van der Waals surface area (Å²) in [7, 11) is 1.70. The lowest BCUT2D eigenvalue weighted by atomic mass is 9.49. The van der Waals surface area contributed by atoms with Crippen LogP contribution in [-0.2, 0) is 16.6 Å². The van der Waals surface area contributed by atoms with E-state index >= 15 is 0 Å². The van der Waals surface area contributed by atoms with E-state index < -0.39 is 0 Å². The Morgan fingerprint density at radius 3 is 2.96 bits per heavy atom. The summed E-state index contributed by atoms with van der Waals surface area (Å²) in [6, 6.07) is 6.54. The zero-order chi connectivity index (χ0) is 16.9. The SMILES string of the molecule is CC[C@H]1CC(=O)C[C@]23CCN(C#N)[C@H](Cc4ccc(OC)cc42)[C@H]13. The highest BCUT2D eigenvalue weighted by Crippen LogP contribution is 2.57. The molecule has 1 saturated carbocycles. The van der Waals surface area contributed by atoms with Gasteiger partial charge in [-0.1, -0.05) is 19.4 Å². The molecule has 0 aromatic heterocycles. The number of methoxy groups -OCH3 is 1. The highest BCUT2D eigenvalue weighted by molar-refractivity contribution is 5.82. The van der Waals surface area contributed by atoms with Gasteiger partial charge in [0.1, 0.15) is 11.5 Å². The Bertz CT molecular complexity index is 723. The second-order valence-electron chi connectivity index (χ2n) is 7.61. The topological polar surface area (TPSA) is 53.3 Å². The van der Waals surface area contributed by atoms with Gasteiger partial charge < -0.3 is 9.64 Å². The van der Waals surface area contributed by atoms with E-state index in [4.69, 9.17) is 4.74 Å². The van der Waals surface area contributed by atoms with Gasteiger partial charge in [0, 0.05) is 30.8 Å². The van der Waals surface area contributed by atoms with Crippen molar-refractivity contribution in [3.8, 4) is 11.9 Å². The summed E-state index contributed by atoms with van der Waals surface area (Å²) in [6.07, 6.45) is 6.54. The minimum absolute atomic E-state index is 0.101. The number of carbonyl (C=O) groups excluding carboxylic acids is 1. The molecule has 3 aliphatic rings. The molecule has 4 atom stereocenters. The lowest BCUT2D eigenvalue weighted by Gasteiger charge is -2.59. The quantitative estimate of drug-likeness (QED) is 0.785. The Balaban J connectivity index is 1.92. The van der Waals surface area contributed by atoms with Crippen LogP contribution >= 0.6 is 0 Å². The summed E-state index contributed by atoms with van der Waals surface area (Å²) in [5.41, 5.74) is 2.50. The van der Waals surface area contributed by atoms with Crippen LogP contribution in [0.15, 0.2) is 18.2 Å². The highest BCUT2D eigenvalue weighted by atomic mass is 16.5. The summed E-state index contributed by atoms with van der Waals surface area (Å²) in [5, 5.41) is 9.62. The standard InChI is InChI=1S/C20H24N2O2/c1-3-13-8-15(23)11-20-6-7-22(12-21)18(19(13)20)9-14-4-5-16(24-2)10-17(14)20/h4-5,10,13,18-19H,3,6-9,11H2,1-2H3/t13-,18+,19-,20+/m0/s1. The molecule has 2 aliphatic carbocycles.